The molecule has 1 aromatic heterocycles. The summed E-state index contributed by atoms with van der Waals surface area (Å²) in [5, 5.41) is 0.895. The van der Waals surface area contributed by atoms with Gasteiger partial charge in [0.1, 0.15) is 5.75 Å². The topological polar surface area (TPSA) is 42.4 Å². The molecule has 0 aliphatic rings. The molecule has 1 heterocycles. The SMILES string of the molecule is CCCN(CCC)C(=O)c1cc(-c2cccc(OC)c2)nc2ccccc12. The molecule has 0 fully saturated rings. The number of fused-ring (bicyclic) bond motifs is 1. The van der Waals surface area contributed by atoms with Gasteiger partial charge in [0.05, 0.1) is 23.9 Å². The highest BCUT2D eigenvalue weighted by Gasteiger charge is 2.19. The van der Waals surface area contributed by atoms with Gasteiger partial charge < -0.3 is 9.64 Å². The normalized spacial score (nSPS) is 10.8. The number of hydrogen-bond donors (Lipinski definition) is 0. The van der Waals surface area contributed by atoms with Gasteiger partial charge in [0, 0.05) is 24.0 Å². The number of nitrogens with zero attached hydrogens (tertiary/aromatic N) is 2. The van der Waals surface area contributed by atoms with Crippen LogP contribution in [0.15, 0.2) is 54.6 Å². The molecular formula is C23H26N2O2. The smallest absolute Gasteiger partial charge is 0.254 e. The number of para-hydroxylation sites is 1. The maximum Gasteiger partial charge on any atom is 0.254 e. The maximum absolute atomic E-state index is 13.3. The van der Waals surface area contributed by atoms with Crippen molar-refractivity contribution in [3.8, 4) is 17.0 Å². The minimum atomic E-state index is 0.0708. The van der Waals surface area contributed by atoms with Crippen LogP contribution in [-0.2, 0) is 0 Å². The summed E-state index contributed by atoms with van der Waals surface area (Å²) < 4.78 is 5.34. The highest BCUT2D eigenvalue weighted by Crippen LogP contribution is 2.28. The fraction of sp³-hybridized carbons (Fsp3) is 0.304. The van der Waals surface area contributed by atoms with Crippen molar-refractivity contribution in [3.63, 3.8) is 0 Å². The van der Waals surface area contributed by atoms with Gasteiger partial charge in [0.15, 0.2) is 0 Å². The van der Waals surface area contributed by atoms with Crippen molar-refractivity contribution in [2.24, 2.45) is 0 Å². The van der Waals surface area contributed by atoms with Crippen LogP contribution in [0, 0.1) is 0 Å². The number of ether oxygens (including phenoxy) is 1. The maximum atomic E-state index is 13.3. The summed E-state index contributed by atoms with van der Waals surface area (Å²) in [6, 6.07) is 17.5. The second-order valence-corrected chi connectivity index (χ2v) is 6.60. The zero-order chi connectivity index (χ0) is 19.2. The van der Waals surface area contributed by atoms with E-state index in [1.165, 1.54) is 0 Å². The Hall–Kier alpha value is -2.88. The first-order valence-electron chi connectivity index (χ1n) is 9.51. The number of amides is 1. The Morgan fingerprint density at radius 1 is 1.00 bits per heavy atom. The van der Waals surface area contributed by atoms with Crippen LogP contribution in [0.5, 0.6) is 5.75 Å². The van der Waals surface area contributed by atoms with E-state index in [9.17, 15) is 4.79 Å². The molecule has 0 aliphatic carbocycles. The van der Waals surface area contributed by atoms with E-state index in [-0.39, 0.29) is 5.91 Å². The van der Waals surface area contributed by atoms with Crippen molar-refractivity contribution in [1.82, 2.24) is 9.88 Å². The molecule has 2 aromatic carbocycles. The first-order valence-corrected chi connectivity index (χ1v) is 9.51. The molecule has 4 nitrogen and oxygen atoms in total. The summed E-state index contributed by atoms with van der Waals surface area (Å²) in [5.41, 5.74) is 3.25. The predicted molar refractivity (Wildman–Crippen MR) is 110 cm³/mol. The number of rotatable bonds is 7. The summed E-state index contributed by atoms with van der Waals surface area (Å²) >= 11 is 0. The summed E-state index contributed by atoms with van der Waals surface area (Å²) in [4.78, 5) is 20.0. The van der Waals surface area contributed by atoms with Gasteiger partial charge in [0.2, 0.25) is 0 Å². The largest absolute Gasteiger partial charge is 0.497 e. The zero-order valence-corrected chi connectivity index (χ0v) is 16.2. The van der Waals surface area contributed by atoms with Crippen LogP contribution in [0.1, 0.15) is 37.0 Å². The fourth-order valence-corrected chi connectivity index (χ4v) is 3.31. The third kappa shape index (κ3) is 4.11. The monoisotopic (exact) mass is 362 g/mol. The number of aromatic nitrogens is 1. The number of pyridine rings is 1. The van der Waals surface area contributed by atoms with E-state index in [0.717, 1.165) is 53.8 Å². The highest BCUT2D eigenvalue weighted by molar-refractivity contribution is 6.07. The Kier molecular flexibility index (Phi) is 6.07. The van der Waals surface area contributed by atoms with Crippen LogP contribution in [0.3, 0.4) is 0 Å². The predicted octanol–water partition coefficient (Wildman–Crippen LogP) is 5.17. The average Bonchev–Trinajstić information content (AvgIpc) is 2.72. The molecule has 0 bridgehead atoms. The molecule has 0 saturated heterocycles. The van der Waals surface area contributed by atoms with Crippen LogP contribution in [0.2, 0.25) is 0 Å². The summed E-state index contributed by atoms with van der Waals surface area (Å²) in [6.07, 6.45) is 1.88. The molecule has 0 spiro atoms. The molecular weight excluding hydrogens is 336 g/mol. The first-order chi connectivity index (χ1) is 13.2. The van der Waals surface area contributed by atoms with E-state index in [1.807, 2.05) is 59.5 Å². The van der Waals surface area contributed by atoms with Gasteiger partial charge in [-0.15, -0.1) is 0 Å². The molecule has 27 heavy (non-hydrogen) atoms. The van der Waals surface area contributed by atoms with Gasteiger partial charge in [-0.3, -0.25) is 4.79 Å². The van der Waals surface area contributed by atoms with Crippen molar-refractivity contribution < 1.29 is 9.53 Å². The van der Waals surface area contributed by atoms with E-state index in [4.69, 9.17) is 9.72 Å². The summed E-state index contributed by atoms with van der Waals surface area (Å²) in [6.45, 7) is 5.72. The molecule has 0 unspecified atom stereocenters. The lowest BCUT2D eigenvalue weighted by molar-refractivity contribution is 0.0757. The third-order valence-corrected chi connectivity index (χ3v) is 4.59. The van der Waals surface area contributed by atoms with Crippen LogP contribution in [0.4, 0.5) is 0 Å². The number of methoxy groups -OCH3 is 1. The Bertz CT molecular complexity index is 931. The number of carbonyl (C=O) groups excluding carboxylic acids is 1. The van der Waals surface area contributed by atoms with E-state index in [2.05, 4.69) is 13.8 Å². The standard InChI is InChI=1S/C23H26N2O2/c1-4-13-25(14-5-2)23(26)20-16-22(17-9-8-10-18(15-17)27-3)24-21-12-7-6-11-19(20)21/h6-12,15-16H,4-5,13-14H2,1-3H3. The summed E-state index contributed by atoms with van der Waals surface area (Å²) in [5.74, 6) is 0.843. The van der Waals surface area contributed by atoms with Gasteiger partial charge in [-0.2, -0.15) is 0 Å². The van der Waals surface area contributed by atoms with Crippen LogP contribution >= 0.6 is 0 Å². The minimum Gasteiger partial charge on any atom is -0.497 e. The molecule has 3 aromatic rings. The Morgan fingerprint density at radius 3 is 2.44 bits per heavy atom. The van der Waals surface area contributed by atoms with Crippen molar-refractivity contribution in [1.29, 1.82) is 0 Å². The van der Waals surface area contributed by atoms with Crippen molar-refractivity contribution in [2.75, 3.05) is 20.2 Å². The molecule has 0 radical (unpaired) electrons. The van der Waals surface area contributed by atoms with E-state index in [0.29, 0.717) is 5.56 Å². The van der Waals surface area contributed by atoms with E-state index >= 15 is 0 Å². The molecule has 0 saturated carbocycles. The molecule has 140 valence electrons. The quantitative estimate of drug-likeness (QED) is 0.582. The lowest BCUT2D eigenvalue weighted by Crippen LogP contribution is -2.32. The van der Waals surface area contributed by atoms with Gasteiger partial charge >= 0.3 is 0 Å². The highest BCUT2D eigenvalue weighted by atomic mass is 16.5. The molecule has 0 atom stereocenters. The van der Waals surface area contributed by atoms with Crippen LogP contribution in [0.25, 0.3) is 22.2 Å². The van der Waals surface area contributed by atoms with Gasteiger partial charge in [-0.1, -0.05) is 44.2 Å². The molecule has 0 N–H and O–H groups in total. The Balaban J connectivity index is 2.14. The zero-order valence-electron chi connectivity index (χ0n) is 16.2. The third-order valence-electron chi connectivity index (χ3n) is 4.59. The second-order valence-electron chi connectivity index (χ2n) is 6.60. The lowest BCUT2D eigenvalue weighted by Gasteiger charge is -2.22. The Morgan fingerprint density at radius 2 is 1.74 bits per heavy atom. The minimum absolute atomic E-state index is 0.0708. The van der Waals surface area contributed by atoms with Crippen LogP contribution < -0.4 is 4.74 Å². The molecule has 1 amide bonds. The van der Waals surface area contributed by atoms with Gasteiger partial charge in [-0.25, -0.2) is 4.98 Å². The van der Waals surface area contributed by atoms with Crippen molar-refractivity contribution in [2.45, 2.75) is 26.7 Å². The summed E-state index contributed by atoms with van der Waals surface area (Å²) in [7, 11) is 1.65. The number of benzene rings is 2. The van der Waals surface area contributed by atoms with Crippen molar-refractivity contribution in [3.05, 3.63) is 60.2 Å². The average molecular weight is 362 g/mol. The molecule has 3 rings (SSSR count). The van der Waals surface area contributed by atoms with Crippen molar-refractivity contribution >= 4 is 16.8 Å². The van der Waals surface area contributed by atoms with E-state index < -0.39 is 0 Å². The lowest BCUT2D eigenvalue weighted by atomic mass is 10.0. The van der Waals surface area contributed by atoms with Crippen LogP contribution in [-0.4, -0.2) is 36.0 Å². The first kappa shape index (κ1) is 18.9. The molecule has 0 aliphatic heterocycles. The fourth-order valence-electron chi connectivity index (χ4n) is 3.31. The molecule has 4 heteroatoms. The Labute approximate surface area is 160 Å². The van der Waals surface area contributed by atoms with Gasteiger partial charge in [-0.05, 0) is 37.1 Å². The second kappa shape index (κ2) is 8.67. The van der Waals surface area contributed by atoms with E-state index in [1.54, 1.807) is 7.11 Å². The van der Waals surface area contributed by atoms with Gasteiger partial charge in [0.25, 0.3) is 5.91 Å². The number of carbonyl (C=O) groups is 1. The number of hydrogen-bond acceptors (Lipinski definition) is 3.